The molecule has 6 heteroatoms. The van der Waals surface area contributed by atoms with Crippen molar-refractivity contribution >= 4 is 17.5 Å². The summed E-state index contributed by atoms with van der Waals surface area (Å²) in [4.78, 5) is 25.0. The molecule has 0 bridgehead atoms. The third-order valence-corrected chi connectivity index (χ3v) is 5.41. The van der Waals surface area contributed by atoms with Crippen molar-refractivity contribution in [1.82, 2.24) is 10.6 Å². The molecule has 1 fully saturated rings. The number of halogens is 1. The van der Waals surface area contributed by atoms with Gasteiger partial charge in [0.25, 0.3) is 0 Å². The number of rotatable bonds is 3. The number of hydrogen-bond donors (Lipinski definition) is 3. The van der Waals surface area contributed by atoms with Crippen LogP contribution in [0.4, 0.5) is 10.1 Å². The molecule has 140 valence electrons. The fourth-order valence-electron chi connectivity index (χ4n) is 4.03. The number of carbonyl (C=O) groups is 2. The quantitative estimate of drug-likeness (QED) is 0.781. The summed E-state index contributed by atoms with van der Waals surface area (Å²) in [7, 11) is 0. The second kappa shape index (κ2) is 7.48. The van der Waals surface area contributed by atoms with Gasteiger partial charge in [0.1, 0.15) is 5.82 Å². The van der Waals surface area contributed by atoms with Gasteiger partial charge in [-0.25, -0.2) is 4.39 Å². The molecule has 2 aliphatic heterocycles. The maximum atomic E-state index is 13.7. The lowest BCUT2D eigenvalue weighted by atomic mass is 9.85. The minimum atomic E-state index is -0.671. The summed E-state index contributed by atoms with van der Waals surface area (Å²) in [5.74, 6) is -1.36. The first-order chi connectivity index (χ1) is 13.1. The number of amides is 2. The molecular formula is C21H22FN3O2. The number of hydrogen-bond acceptors (Lipinski definition) is 3. The fourth-order valence-corrected chi connectivity index (χ4v) is 4.03. The lowest BCUT2D eigenvalue weighted by molar-refractivity contribution is -0.127. The Hall–Kier alpha value is -2.73. The molecule has 27 heavy (non-hydrogen) atoms. The summed E-state index contributed by atoms with van der Waals surface area (Å²) in [6.45, 7) is 1.61. The number of carbonyl (C=O) groups excluding carboxylic acids is 2. The molecule has 2 aromatic carbocycles. The van der Waals surface area contributed by atoms with E-state index in [9.17, 15) is 14.0 Å². The van der Waals surface area contributed by atoms with Crippen LogP contribution < -0.4 is 16.0 Å². The zero-order chi connectivity index (χ0) is 18.8. The van der Waals surface area contributed by atoms with Crippen molar-refractivity contribution in [3.05, 3.63) is 65.5 Å². The van der Waals surface area contributed by atoms with Gasteiger partial charge in [0.05, 0.1) is 5.92 Å². The van der Waals surface area contributed by atoms with Crippen LogP contribution in [0.5, 0.6) is 0 Å². The van der Waals surface area contributed by atoms with Gasteiger partial charge < -0.3 is 16.0 Å². The van der Waals surface area contributed by atoms with Gasteiger partial charge >= 0.3 is 0 Å². The number of piperidine rings is 1. The predicted octanol–water partition coefficient (Wildman–Crippen LogP) is 2.51. The summed E-state index contributed by atoms with van der Waals surface area (Å²) < 4.78 is 13.7. The lowest BCUT2D eigenvalue weighted by Gasteiger charge is -2.35. The Balaban J connectivity index is 1.56. The molecule has 2 amide bonds. The van der Waals surface area contributed by atoms with E-state index in [1.165, 1.54) is 23.8 Å². The van der Waals surface area contributed by atoms with Crippen LogP contribution in [0, 0.1) is 5.82 Å². The maximum Gasteiger partial charge on any atom is 0.228 e. The normalized spacial score (nSPS) is 24.6. The first kappa shape index (κ1) is 17.7. The summed E-state index contributed by atoms with van der Waals surface area (Å²) in [5, 5.41) is 9.23. The lowest BCUT2D eigenvalue weighted by Crippen LogP contribution is -2.50. The molecule has 3 N–H and O–H groups in total. The predicted molar refractivity (Wildman–Crippen MR) is 101 cm³/mol. The Kier molecular flexibility index (Phi) is 4.90. The Bertz CT molecular complexity index is 856. The zero-order valence-electron chi connectivity index (χ0n) is 14.9. The highest BCUT2D eigenvalue weighted by Gasteiger charge is 2.34. The standard InChI is InChI=1S/C21H22FN3O2/c22-14-6-7-18-15(10-14)16(11-20(26)24-18)21(27)25-19-8-9-23-12-17(19)13-4-2-1-3-5-13/h1-7,10,16-17,19,23H,8-9,11-12H2,(H,24,26)(H,25,27). The molecule has 3 unspecified atom stereocenters. The molecule has 2 heterocycles. The Morgan fingerprint density at radius 1 is 1.15 bits per heavy atom. The molecule has 0 saturated carbocycles. The molecule has 2 aliphatic rings. The van der Waals surface area contributed by atoms with E-state index in [1.54, 1.807) is 0 Å². The molecule has 0 aliphatic carbocycles. The SMILES string of the molecule is O=C1CC(C(=O)NC2CCNCC2c2ccccc2)c2cc(F)ccc2N1. The Labute approximate surface area is 157 Å². The van der Waals surface area contributed by atoms with Gasteiger partial charge in [0.15, 0.2) is 0 Å². The molecule has 2 aromatic rings. The van der Waals surface area contributed by atoms with Crippen LogP contribution in [0.3, 0.4) is 0 Å². The van der Waals surface area contributed by atoms with Crippen molar-refractivity contribution in [1.29, 1.82) is 0 Å². The molecular weight excluding hydrogens is 345 g/mol. The van der Waals surface area contributed by atoms with Crippen molar-refractivity contribution in [2.24, 2.45) is 0 Å². The minimum absolute atomic E-state index is 0.0249. The molecule has 0 aromatic heterocycles. The average molecular weight is 367 g/mol. The first-order valence-corrected chi connectivity index (χ1v) is 9.27. The van der Waals surface area contributed by atoms with Crippen molar-refractivity contribution in [2.45, 2.75) is 30.7 Å². The van der Waals surface area contributed by atoms with E-state index in [0.717, 1.165) is 19.5 Å². The fraction of sp³-hybridized carbons (Fsp3) is 0.333. The van der Waals surface area contributed by atoms with E-state index in [1.807, 2.05) is 18.2 Å². The van der Waals surface area contributed by atoms with Crippen LogP contribution in [0.2, 0.25) is 0 Å². The smallest absolute Gasteiger partial charge is 0.228 e. The van der Waals surface area contributed by atoms with Crippen LogP contribution in [0.1, 0.15) is 35.8 Å². The van der Waals surface area contributed by atoms with E-state index >= 15 is 0 Å². The number of anilines is 1. The topological polar surface area (TPSA) is 70.2 Å². The highest BCUT2D eigenvalue weighted by atomic mass is 19.1. The molecule has 0 spiro atoms. The van der Waals surface area contributed by atoms with Crippen LogP contribution in [-0.2, 0) is 9.59 Å². The summed E-state index contributed by atoms with van der Waals surface area (Å²) in [6, 6.07) is 14.2. The second-order valence-electron chi connectivity index (χ2n) is 7.16. The van der Waals surface area contributed by atoms with Gasteiger partial charge in [-0.2, -0.15) is 0 Å². The third-order valence-electron chi connectivity index (χ3n) is 5.41. The van der Waals surface area contributed by atoms with Gasteiger partial charge in [-0.3, -0.25) is 9.59 Å². The van der Waals surface area contributed by atoms with Crippen molar-refractivity contribution in [3.8, 4) is 0 Å². The van der Waals surface area contributed by atoms with Gasteiger partial charge in [-0.15, -0.1) is 0 Å². The monoisotopic (exact) mass is 367 g/mol. The number of nitrogens with one attached hydrogen (secondary N) is 3. The maximum absolute atomic E-state index is 13.7. The highest BCUT2D eigenvalue weighted by molar-refractivity contribution is 6.01. The minimum Gasteiger partial charge on any atom is -0.352 e. The Morgan fingerprint density at radius 3 is 2.78 bits per heavy atom. The van der Waals surface area contributed by atoms with Crippen LogP contribution in [0.25, 0.3) is 0 Å². The van der Waals surface area contributed by atoms with Gasteiger partial charge in [-0.1, -0.05) is 30.3 Å². The molecule has 0 radical (unpaired) electrons. The number of benzene rings is 2. The average Bonchev–Trinajstić information content (AvgIpc) is 2.69. The molecule has 5 nitrogen and oxygen atoms in total. The van der Waals surface area contributed by atoms with E-state index < -0.39 is 11.7 Å². The van der Waals surface area contributed by atoms with Crippen LogP contribution in [0.15, 0.2) is 48.5 Å². The van der Waals surface area contributed by atoms with Gasteiger partial charge in [0.2, 0.25) is 11.8 Å². The summed E-state index contributed by atoms with van der Waals surface area (Å²) >= 11 is 0. The van der Waals surface area contributed by atoms with E-state index in [4.69, 9.17) is 0 Å². The van der Waals surface area contributed by atoms with Crippen molar-refractivity contribution in [2.75, 3.05) is 18.4 Å². The molecule has 1 saturated heterocycles. The second-order valence-corrected chi connectivity index (χ2v) is 7.16. The van der Waals surface area contributed by atoms with Crippen molar-refractivity contribution in [3.63, 3.8) is 0 Å². The van der Waals surface area contributed by atoms with E-state index in [-0.39, 0.29) is 30.2 Å². The highest BCUT2D eigenvalue weighted by Crippen LogP contribution is 2.33. The first-order valence-electron chi connectivity index (χ1n) is 9.27. The molecule has 4 rings (SSSR count). The molecule has 3 atom stereocenters. The summed E-state index contributed by atoms with van der Waals surface area (Å²) in [6.07, 6.45) is 0.837. The Morgan fingerprint density at radius 2 is 1.96 bits per heavy atom. The third kappa shape index (κ3) is 3.71. The zero-order valence-corrected chi connectivity index (χ0v) is 14.9. The van der Waals surface area contributed by atoms with E-state index in [0.29, 0.717) is 11.3 Å². The largest absolute Gasteiger partial charge is 0.352 e. The van der Waals surface area contributed by atoms with Gasteiger partial charge in [-0.05, 0) is 42.3 Å². The van der Waals surface area contributed by atoms with E-state index in [2.05, 4.69) is 28.1 Å². The van der Waals surface area contributed by atoms with Gasteiger partial charge in [0, 0.05) is 30.6 Å². The number of fused-ring (bicyclic) bond motifs is 1. The summed E-state index contributed by atoms with van der Waals surface area (Å²) in [5.41, 5.74) is 2.22. The van der Waals surface area contributed by atoms with Crippen molar-refractivity contribution < 1.29 is 14.0 Å². The van der Waals surface area contributed by atoms with Crippen LogP contribution >= 0.6 is 0 Å². The van der Waals surface area contributed by atoms with Crippen LogP contribution in [-0.4, -0.2) is 30.9 Å².